The van der Waals surface area contributed by atoms with Gasteiger partial charge in [0.2, 0.25) is 11.8 Å². The lowest BCUT2D eigenvalue weighted by atomic mass is 9.89. The van der Waals surface area contributed by atoms with Crippen LogP contribution in [0.4, 0.5) is 10.1 Å². The lowest BCUT2D eigenvalue weighted by Crippen LogP contribution is -2.48. The molecule has 2 aliphatic heterocycles. The molecule has 5 nitrogen and oxygen atoms in total. The minimum absolute atomic E-state index is 0.0562. The Morgan fingerprint density at radius 1 is 1.18 bits per heavy atom. The number of hydrogen-bond acceptors (Lipinski definition) is 3. The number of carbonyl (C=O) groups excluding carboxylic acids is 2. The predicted molar refractivity (Wildman–Crippen MR) is 111 cm³/mol. The maximum atomic E-state index is 13.9. The highest BCUT2D eigenvalue weighted by Gasteiger charge is 2.32. The number of piperidine rings is 2. The number of halogens is 2. The Kier molecular flexibility index (Phi) is 7.10. The summed E-state index contributed by atoms with van der Waals surface area (Å²) in [6, 6.07) is 4.57. The van der Waals surface area contributed by atoms with Crippen LogP contribution in [0, 0.1) is 23.6 Å². The molecule has 0 spiro atoms. The summed E-state index contributed by atoms with van der Waals surface area (Å²) in [4.78, 5) is 29.2. The second kappa shape index (κ2) is 9.35. The van der Waals surface area contributed by atoms with Crippen molar-refractivity contribution in [1.29, 1.82) is 0 Å². The summed E-state index contributed by atoms with van der Waals surface area (Å²) >= 11 is 3.20. The summed E-state index contributed by atoms with van der Waals surface area (Å²) in [6.07, 6.45) is 2.74. The molecule has 1 aromatic carbocycles. The average Bonchev–Trinajstić information content (AvgIpc) is 2.63. The van der Waals surface area contributed by atoms with Gasteiger partial charge in [0.25, 0.3) is 0 Å². The second-order valence-electron chi connectivity index (χ2n) is 8.41. The molecule has 7 heteroatoms. The molecule has 1 N–H and O–H groups in total. The zero-order valence-electron chi connectivity index (χ0n) is 16.6. The first kappa shape index (κ1) is 21.2. The number of carbonyl (C=O) groups is 2. The molecule has 2 atom stereocenters. The van der Waals surface area contributed by atoms with Crippen molar-refractivity contribution < 1.29 is 14.0 Å². The maximum Gasteiger partial charge on any atom is 0.238 e. The van der Waals surface area contributed by atoms with E-state index in [-0.39, 0.29) is 30.0 Å². The highest BCUT2D eigenvalue weighted by atomic mass is 79.9. The van der Waals surface area contributed by atoms with Crippen LogP contribution < -0.4 is 5.32 Å². The van der Waals surface area contributed by atoms with Crippen LogP contribution in [0.2, 0.25) is 0 Å². The first-order valence-electron chi connectivity index (χ1n) is 10.1. The van der Waals surface area contributed by atoms with Gasteiger partial charge in [-0.05, 0) is 62.4 Å². The predicted octanol–water partition coefficient (Wildman–Crippen LogP) is 3.74. The van der Waals surface area contributed by atoms with Crippen molar-refractivity contribution in [2.24, 2.45) is 17.8 Å². The molecule has 3 rings (SSSR count). The van der Waals surface area contributed by atoms with Crippen molar-refractivity contribution in [2.75, 3.05) is 38.0 Å². The van der Waals surface area contributed by atoms with Crippen LogP contribution in [-0.2, 0) is 9.59 Å². The molecule has 2 unspecified atom stereocenters. The fourth-order valence-corrected chi connectivity index (χ4v) is 4.76. The Balaban J connectivity index is 1.46. The molecule has 2 fully saturated rings. The standard InChI is InChI=1S/C21H29BrFN3O2/c1-14-9-15(2)12-26(11-14)21(28)16-5-7-25(8-6-16)13-20(27)24-19-4-3-17(22)10-18(19)23/h3-4,10,14-16H,5-9,11-13H2,1-2H3,(H,24,27). The summed E-state index contributed by atoms with van der Waals surface area (Å²) in [5, 5.41) is 2.63. The fourth-order valence-electron chi connectivity index (χ4n) is 4.42. The van der Waals surface area contributed by atoms with E-state index in [0.29, 0.717) is 29.4 Å². The van der Waals surface area contributed by atoms with Crippen LogP contribution in [0.25, 0.3) is 0 Å². The van der Waals surface area contributed by atoms with Crippen molar-refractivity contribution in [3.05, 3.63) is 28.5 Å². The van der Waals surface area contributed by atoms with Gasteiger partial charge >= 0.3 is 0 Å². The molecule has 28 heavy (non-hydrogen) atoms. The van der Waals surface area contributed by atoms with Crippen molar-refractivity contribution >= 4 is 33.4 Å². The van der Waals surface area contributed by atoms with E-state index >= 15 is 0 Å². The molecular formula is C21H29BrFN3O2. The highest BCUT2D eigenvalue weighted by molar-refractivity contribution is 9.10. The Morgan fingerprint density at radius 3 is 2.43 bits per heavy atom. The van der Waals surface area contributed by atoms with Crippen molar-refractivity contribution in [1.82, 2.24) is 9.80 Å². The van der Waals surface area contributed by atoms with Crippen molar-refractivity contribution in [3.8, 4) is 0 Å². The molecule has 2 aliphatic rings. The molecular weight excluding hydrogens is 425 g/mol. The number of amides is 2. The number of hydrogen-bond donors (Lipinski definition) is 1. The third-order valence-corrected chi connectivity index (χ3v) is 6.18. The first-order chi connectivity index (χ1) is 13.3. The van der Waals surface area contributed by atoms with E-state index in [2.05, 4.69) is 35.1 Å². The molecule has 0 aromatic heterocycles. The topological polar surface area (TPSA) is 52.7 Å². The number of nitrogens with one attached hydrogen (secondary N) is 1. The van der Waals surface area contributed by atoms with Gasteiger partial charge in [0.1, 0.15) is 5.82 Å². The van der Waals surface area contributed by atoms with E-state index in [1.54, 1.807) is 12.1 Å². The number of anilines is 1. The van der Waals surface area contributed by atoms with E-state index in [1.807, 2.05) is 9.80 Å². The van der Waals surface area contributed by atoms with Crippen molar-refractivity contribution in [3.63, 3.8) is 0 Å². The molecule has 2 heterocycles. The molecule has 0 saturated carbocycles. The van der Waals surface area contributed by atoms with E-state index in [4.69, 9.17) is 0 Å². The summed E-state index contributed by atoms with van der Waals surface area (Å²) in [5.74, 6) is 0.771. The van der Waals surface area contributed by atoms with Crippen molar-refractivity contribution in [2.45, 2.75) is 33.1 Å². The Labute approximate surface area is 174 Å². The third-order valence-electron chi connectivity index (χ3n) is 5.69. The fraction of sp³-hybridized carbons (Fsp3) is 0.619. The monoisotopic (exact) mass is 453 g/mol. The highest BCUT2D eigenvalue weighted by Crippen LogP contribution is 2.26. The number of benzene rings is 1. The lowest BCUT2D eigenvalue weighted by Gasteiger charge is -2.39. The number of likely N-dealkylation sites (tertiary alicyclic amines) is 2. The largest absolute Gasteiger partial charge is 0.342 e. The van der Waals surface area contributed by atoms with Gasteiger partial charge in [0, 0.05) is 23.5 Å². The Bertz CT molecular complexity index is 712. The summed E-state index contributed by atoms with van der Waals surface area (Å²) in [5.41, 5.74) is 0.187. The van der Waals surface area contributed by atoms with Gasteiger partial charge in [0.05, 0.1) is 12.2 Å². The van der Waals surface area contributed by atoms with E-state index in [0.717, 1.165) is 25.9 Å². The molecule has 0 aliphatic carbocycles. The first-order valence-corrected chi connectivity index (χ1v) is 10.9. The van der Waals surface area contributed by atoms with Crippen LogP contribution in [0.15, 0.2) is 22.7 Å². The second-order valence-corrected chi connectivity index (χ2v) is 9.33. The quantitative estimate of drug-likeness (QED) is 0.754. The molecule has 0 bridgehead atoms. The minimum atomic E-state index is -0.461. The van der Waals surface area contributed by atoms with Gasteiger partial charge in [-0.3, -0.25) is 14.5 Å². The summed E-state index contributed by atoms with van der Waals surface area (Å²) in [7, 11) is 0. The lowest BCUT2D eigenvalue weighted by molar-refractivity contribution is -0.139. The smallest absolute Gasteiger partial charge is 0.238 e. The number of rotatable bonds is 4. The zero-order valence-corrected chi connectivity index (χ0v) is 18.2. The molecule has 0 radical (unpaired) electrons. The van der Waals surface area contributed by atoms with E-state index in [1.165, 1.54) is 12.5 Å². The number of nitrogens with zero attached hydrogens (tertiary/aromatic N) is 2. The van der Waals surface area contributed by atoms with Crippen LogP contribution in [0.5, 0.6) is 0 Å². The molecule has 1 aromatic rings. The van der Waals surface area contributed by atoms with Crippen LogP contribution in [0.1, 0.15) is 33.1 Å². The van der Waals surface area contributed by atoms with Crippen LogP contribution in [-0.4, -0.2) is 54.3 Å². The van der Waals surface area contributed by atoms with Gasteiger partial charge in [-0.1, -0.05) is 29.8 Å². The molecule has 2 saturated heterocycles. The maximum absolute atomic E-state index is 13.9. The molecule has 2 amide bonds. The molecule has 154 valence electrons. The average molecular weight is 454 g/mol. The summed E-state index contributed by atoms with van der Waals surface area (Å²) < 4.78 is 14.5. The Morgan fingerprint density at radius 2 is 1.82 bits per heavy atom. The van der Waals surface area contributed by atoms with Crippen LogP contribution in [0.3, 0.4) is 0 Å². The zero-order chi connectivity index (χ0) is 20.3. The minimum Gasteiger partial charge on any atom is -0.342 e. The Hall–Kier alpha value is -1.47. The van der Waals surface area contributed by atoms with Gasteiger partial charge in [0.15, 0.2) is 0 Å². The van der Waals surface area contributed by atoms with Gasteiger partial charge < -0.3 is 10.2 Å². The van der Waals surface area contributed by atoms with Gasteiger partial charge in [-0.15, -0.1) is 0 Å². The van der Waals surface area contributed by atoms with Crippen LogP contribution >= 0.6 is 15.9 Å². The van der Waals surface area contributed by atoms with Gasteiger partial charge in [-0.2, -0.15) is 0 Å². The summed E-state index contributed by atoms with van der Waals surface area (Å²) in [6.45, 7) is 7.80. The third kappa shape index (κ3) is 5.54. The van der Waals surface area contributed by atoms with Gasteiger partial charge in [-0.25, -0.2) is 4.39 Å². The van der Waals surface area contributed by atoms with E-state index < -0.39 is 5.82 Å². The SMILES string of the molecule is CC1CC(C)CN(C(=O)C2CCN(CC(=O)Nc3ccc(Br)cc3F)CC2)C1. The normalized spacial score (nSPS) is 24.2. The van der Waals surface area contributed by atoms with E-state index in [9.17, 15) is 14.0 Å².